The number of halogens is 2. The molecule has 0 spiro atoms. The summed E-state index contributed by atoms with van der Waals surface area (Å²) in [6.07, 6.45) is 4.38. The molecule has 1 unspecified atom stereocenters. The predicted octanol–water partition coefficient (Wildman–Crippen LogP) is 2.53. The van der Waals surface area contributed by atoms with E-state index in [0.29, 0.717) is 6.04 Å². The first kappa shape index (κ1) is 15.1. The lowest BCUT2D eigenvalue weighted by atomic mass is 10.0. The molecular weight excluding hydrogens is 288 g/mol. The van der Waals surface area contributed by atoms with E-state index in [1.807, 2.05) is 21.8 Å². The molecule has 4 nitrogen and oxygen atoms in total. The molecule has 1 aromatic carbocycles. The van der Waals surface area contributed by atoms with Crippen LogP contribution < -0.4 is 0 Å². The highest BCUT2D eigenvalue weighted by atomic mass is 19.1. The SMILES string of the molecule is OC(CN1CCC(n2cccn2)CC1)c1c(F)cccc1F. The van der Waals surface area contributed by atoms with Crippen molar-refractivity contribution in [3.63, 3.8) is 0 Å². The van der Waals surface area contributed by atoms with Crippen LogP contribution in [0.4, 0.5) is 8.78 Å². The van der Waals surface area contributed by atoms with Crippen LogP contribution in [-0.2, 0) is 0 Å². The number of benzene rings is 1. The van der Waals surface area contributed by atoms with Crippen LogP contribution >= 0.6 is 0 Å². The minimum atomic E-state index is -1.15. The third-order valence-electron chi connectivity index (χ3n) is 4.22. The molecule has 118 valence electrons. The summed E-state index contributed by atoms with van der Waals surface area (Å²) in [5, 5.41) is 14.4. The smallest absolute Gasteiger partial charge is 0.131 e. The van der Waals surface area contributed by atoms with Crippen LogP contribution in [0.1, 0.15) is 30.6 Å². The van der Waals surface area contributed by atoms with E-state index in [1.54, 1.807) is 6.20 Å². The van der Waals surface area contributed by atoms with Gasteiger partial charge in [0.1, 0.15) is 11.6 Å². The van der Waals surface area contributed by atoms with Crippen LogP contribution in [0.2, 0.25) is 0 Å². The van der Waals surface area contributed by atoms with Gasteiger partial charge in [0.15, 0.2) is 0 Å². The van der Waals surface area contributed by atoms with Crippen LogP contribution in [0.3, 0.4) is 0 Å². The number of aliphatic hydroxyl groups excluding tert-OH is 1. The number of hydrogen-bond acceptors (Lipinski definition) is 3. The molecule has 2 heterocycles. The maximum absolute atomic E-state index is 13.7. The number of hydrogen-bond donors (Lipinski definition) is 1. The second kappa shape index (κ2) is 6.54. The molecule has 3 rings (SSSR count). The molecule has 0 saturated carbocycles. The number of nitrogens with zero attached hydrogens (tertiary/aromatic N) is 3. The Morgan fingerprint density at radius 2 is 1.86 bits per heavy atom. The van der Waals surface area contributed by atoms with Crippen LogP contribution in [0.5, 0.6) is 0 Å². The number of aliphatic hydroxyl groups is 1. The summed E-state index contributed by atoms with van der Waals surface area (Å²) in [4.78, 5) is 2.04. The Labute approximate surface area is 128 Å². The van der Waals surface area contributed by atoms with Crippen molar-refractivity contribution in [2.45, 2.75) is 25.0 Å². The van der Waals surface area contributed by atoms with Gasteiger partial charge >= 0.3 is 0 Å². The molecule has 1 aliphatic rings. The van der Waals surface area contributed by atoms with E-state index in [-0.39, 0.29) is 12.1 Å². The highest BCUT2D eigenvalue weighted by Gasteiger charge is 2.25. The first-order valence-electron chi connectivity index (χ1n) is 7.48. The summed E-state index contributed by atoms with van der Waals surface area (Å²) in [6.45, 7) is 1.79. The minimum absolute atomic E-state index is 0.239. The summed E-state index contributed by atoms with van der Waals surface area (Å²) in [5.41, 5.74) is -0.239. The number of β-amino-alcohol motifs (C(OH)–C–C–N with tert-alkyl or cyclic N) is 1. The van der Waals surface area contributed by atoms with Gasteiger partial charge in [-0.15, -0.1) is 0 Å². The fourth-order valence-corrected chi connectivity index (χ4v) is 3.03. The minimum Gasteiger partial charge on any atom is -0.387 e. The van der Waals surface area contributed by atoms with Gasteiger partial charge in [0.05, 0.1) is 17.7 Å². The molecule has 22 heavy (non-hydrogen) atoms. The molecular formula is C16H19F2N3O. The van der Waals surface area contributed by atoms with Crippen LogP contribution in [0, 0.1) is 11.6 Å². The van der Waals surface area contributed by atoms with Gasteiger partial charge in [-0.2, -0.15) is 5.10 Å². The van der Waals surface area contributed by atoms with Gasteiger partial charge in [0.2, 0.25) is 0 Å². The van der Waals surface area contributed by atoms with Gasteiger partial charge in [0.25, 0.3) is 0 Å². The zero-order valence-corrected chi connectivity index (χ0v) is 12.2. The van der Waals surface area contributed by atoms with Crippen LogP contribution in [-0.4, -0.2) is 39.4 Å². The molecule has 1 saturated heterocycles. The first-order valence-corrected chi connectivity index (χ1v) is 7.48. The zero-order chi connectivity index (χ0) is 15.5. The van der Waals surface area contributed by atoms with E-state index < -0.39 is 17.7 Å². The Morgan fingerprint density at radius 3 is 2.45 bits per heavy atom. The average Bonchev–Trinajstić information content (AvgIpc) is 3.02. The summed E-state index contributed by atoms with van der Waals surface area (Å²) < 4.78 is 29.3. The Morgan fingerprint density at radius 1 is 1.18 bits per heavy atom. The normalized spacial score (nSPS) is 18.5. The molecule has 1 atom stereocenters. The molecule has 6 heteroatoms. The largest absolute Gasteiger partial charge is 0.387 e. The van der Waals surface area contributed by atoms with E-state index in [1.165, 1.54) is 18.2 Å². The number of rotatable bonds is 4. The molecule has 0 radical (unpaired) electrons. The number of piperidine rings is 1. The lowest BCUT2D eigenvalue weighted by Gasteiger charge is -2.33. The van der Waals surface area contributed by atoms with Crippen molar-refractivity contribution in [3.05, 3.63) is 53.9 Å². The lowest BCUT2D eigenvalue weighted by molar-refractivity contribution is 0.0843. The maximum atomic E-state index is 13.7. The molecule has 1 aromatic heterocycles. The van der Waals surface area contributed by atoms with E-state index in [2.05, 4.69) is 5.10 Å². The topological polar surface area (TPSA) is 41.3 Å². The standard InChI is InChI=1S/C16H19F2N3O/c17-13-3-1-4-14(18)16(13)15(22)11-20-9-5-12(6-10-20)21-8-2-7-19-21/h1-4,7-8,12,15,22H,5-6,9-11H2. The second-order valence-corrected chi connectivity index (χ2v) is 5.67. The number of likely N-dealkylation sites (tertiary alicyclic amines) is 1. The third-order valence-corrected chi connectivity index (χ3v) is 4.22. The van der Waals surface area contributed by atoms with Crippen molar-refractivity contribution in [1.29, 1.82) is 0 Å². The average molecular weight is 307 g/mol. The van der Waals surface area contributed by atoms with Crippen LogP contribution in [0.15, 0.2) is 36.7 Å². The van der Waals surface area contributed by atoms with Crippen molar-refractivity contribution in [3.8, 4) is 0 Å². The van der Waals surface area contributed by atoms with Gasteiger partial charge < -0.3 is 10.0 Å². The quantitative estimate of drug-likeness (QED) is 0.944. The predicted molar refractivity (Wildman–Crippen MR) is 78.3 cm³/mol. The van der Waals surface area contributed by atoms with E-state index in [9.17, 15) is 13.9 Å². The Hall–Kier alpha value is -1.79. The summed E-state index contributed by atoms with van der Waals surface area (Å²) in [5.74, 6) is -1.39. The molecule has 0 aliphatic carbocycles. The van der Waals surface area contributed by atoms with Crippen molar-refractivity contribution in [2.24, 2.45) is 0 Å². The van der Waals surface area contributed by atoms with Gasteiger partial charge in [-0.25, -0.2) is 8.78 Å². The Bertz CT molecular complexity index is 590. The van der Waals surface area contributed by atoms with E-state index >= 15 is 0 Å². The molecule has 0 bridgehead atoms. The molecule has 1 aliphatic heterocycles. The molecule has 1 N–H and O–H groups in total. The molecule has 1 fully saturated rings. The van der Waals surface area contributed by atoms with Gasteiger partial charge in [0, 0.05) is 32.0 Å². The van der Waals surface area contributed by atoms with E-state index in [0.717, 1.165) is 25.9 Å². The summed E-state index contributed by atoms with van der Waals surface area (Å²) in [7, 11) is 0. The Balaban J connectivity index is 1.58. The van der Waals surface area contributed by atoms with Gasteiger partial charge in [-0.05, 0) is 31.0 Å². The summed E-state index contributed by atoms with van der Waals surface area (Å²) in [6, 6.07) is 5.90. The molecule has 2 aromatic rings. The highest BCUT2D eigenvalue weighted by Crippen LogP contribution is 2.25. The van der Waals surface area contributed by atoms with Crippen LogP contribution in [0.25, 0.3) is 0 Å². The van der Waals surface area contributed by atoms with Crippen molar-refractivity contribution in [2.75, 3.05) is 19.6 Å². The fraction of sp³-hybridized carbons (Fsp3) is 0.438. The van der Waals surface area contributed by atoms with Gasteiger partial charge in [-0.1, -0.05) is 6.07 Å². The third kappa shape index (κ3) is 3.18. The lowest BCUT2D eigenvalue weighted by Crippen LogP contribution is -2.37. The van der Waals surface area contributed by atoms with Crippen molar-refractivity contribution < 1.29 is 13.9 Å². The van der Waals surface area contributed by atoms with E-state index in [4.69, 9.17) is 0 Å². The first-order chi connectivity index (χ1) is 10.6. The zero-order valence-electron chi connectivity index (χ0n) is 12.2. The summed E-state index contributed by atoms with van der Waals surface area (Å²) >= 11 is 0. The fourth-order valence-electron chi connectivity index (χ4n) is 3.03. The molecule has 0 amide bonds. The van der Waals surface area contributed by atoms with Crippen molar-refractivity contribution >= 4 is 0 Å². The van der Waals surface area contributed by atoms with Crippen molar-refractivity contribution in [1.82, 2.24) is 14.7 Å². The maximum Gasteiger partial charge on any atom is 0.131 e. The van der Waals surface area contributed by atoms with Gasteiger partial charge in [-0.3, -0.25) is 4.68 Å². The monoisotopic (exact) mass is 307 g/mol. The second-order valence-electron chi connectivity index (χ2n) is 5.67. The number of aromatic nitrogens is 2. The highest BCUT2D eigenvalue weighted by molar-refractivity contribution is 5.22. The Kier molecular flexibility index (Phi) is 4.49.